The molecule has 0 heterocycles. The fourth-order valence-electron chi connectivity index (χ4n) is 1.98. The van der Waals surface area contributed by atoms with Crippen LogP contribution in [0.1, 0.15) is 34.1 Å². The van der Waals surface area contributed by atoms with Gasteiger partial charge in [0.25, 0.3) is 0 Å². The number of hydrogen-bond donors (Lipinski definition) is 2. The van der Waals surface area contributed by atoms with Crippen LogP contribution in [0.5, 0.6) is 0 Å². The van der Waals surface area contributed by atoms with Crippen molar-refractivity contribution in [1.29, 1.82) is 0 Å². The highest BCUT2D eigenvalue weighted by atomic mass is 16.5. The van der Waals surface area contributed by atoms with Crippen LogP contribution in [0.15, 0.2) is 0 Å². The van der Waals surface area contributed by atoms with E-state index in [0.29, 0.717) is 0 Å². The number of nitrogens with one attached hydrogen (secondary N) is 2. The molecule has 1 aliphatic carbocycles. The minimum Gasteiger partial charge on any atom is -0.381 e. The molecule has 0 spiro atoms. The van der Waals surface area contributed by atoms with Gasteiger partial charge in [-0.15, -0.1) is 0 Å². The van der Waals surface area contributed by atoms with Crippen molar-refractivity contribution in [2.24, 2.45) is 5.41 Å². The molecule has 0 bridgehead atoms. The number of rotatable bonds is 4. The van der Waals surface area contributed by atoms with Gasteiger partial charge in [-0.3, -0.25) is 4.79 Å². The first-order chi connectivity index (χ1) is 7.25. The van der Waals surface area contributed by atoms with Gasteiger partial charge in [-0.1, -0.05) is 13.8 Å². The SMILES string of the molecule is CNC(C)(C)C(=O)NC1CC(OC)C1(C)C. The lowest BCUT2D eigenvalue weighted by Crippen LogP contribution is -2.65. The molecule has 0 radical (unpaired) electrons. The van der Waals surface area contributed by atoms with E-state index >= 15 is 0 Å². The summed E-state index contributed by atoms with van der Waals surface area (Å²) in [5.41, 5.74) is -0.498. The van der Waals surface area contributed by atoms with Crippen LogP contribution in [0, 0.1) is 5.41 Å². The van der Waals surface area contributed by atoms with E-state index in [1.165, 1.54) is 0 Å². The van der Waals surface area contributed by atoms with Crippen molar-refractivity contribution >= 4 is 5.91 Å². The third-order valence-corrected chi connectivity index (χ3v) is 3.96. The first-order valence-electron chi connectivity index (χ1n) is 5.78. The van der Waals surface area contributed by atoms with Crippen molar-refractivity contribution in [1.82, 2.24) is 10.6 Å². The van der Waals surface area contributed by atoms with Crippen LogP contribution in [0.2, 0.25) is 0 Å². The van der Waals surface area contributed by atoms with E-state index in [9.17, 15) is 4.79 Å². The summed E-state index contributed by atoms with van der Waals surface area (Å²) in [6.45, 7) is 8.01. The van der Waals surface area contributed by atoms with Gasteiger partial charge in [-0.2, -0.15) is 0 Å². The predicted molar refractivity (Wildman–Crippen MR) is 64.3 cm³/mol. The molecule has 0 aromatic carbocycles. The first kappa shape index (κ1) is 13.5. The molecule has 0 saturated heterocycles. The molecule has 2 unspecified atom stereocenters. The van der Waals surface area contributed by atoms with Crippen LogP contribution >= 0.6 is 0 Å². The maximum absolute atomic E-state index is 12.0. The minimum absolute atomic E-state index is 0.0221. The van der Waals surface area contributed by atoms with Crippen LogP contribution in [0.4, 0.5) is 0 Å². The summed E-state index contributed by atoms with van der Waals surface area (Å²) in [5, 5.41) is 6.08. The fraction of sp³-hybridized carbons (Fsp3) is 0.917. The minimum atomic E-state index is -0.520. The monoisotopic (exact) mass is 228 g/mol. The Kier molecular flexibility index (Phi) is 3.65. The quantitative estimate of drug-likeness (QED) is 0.752. The number of hydrogen-bond acceptors (Lipinski definition) is 3. The zero-order valence-electron chi connectivity index (χ0n) is 11.2. The Balaban J connectivity index is 2.55. The Morgan fingerprint density at radius 2 is 2.00 bits per heavy atom. The van der Waals surface area contributed by atoms with E-state index in [1.807, 2.05) is 13.8 Å². The van der Waals surface area contributed by atoms with Gasteiger partial charge >= 0.3 is 0 Å². The smallest absolute Gasteiger partial charge is 0.239 e. The Morgan fingerprint density at radius 3 is 2.38 bits per heavy atom. The van der Waals surface area contributed by atoms with Crippen molar-refractivity contribution < 1.29 is 9.53 Å². The fourth-order valence-corrected chi connectivity index (χ4v) is 1.98. The van der Waals surface area contributed by atoms with E-state index in [1.54, 1.807) is 14.2 Å². The molecule has 0 aliphatic heterocycles. The third kappa shape index (κ3) is 2.23. The van der Waals surface area contributed by atoms with Gasteiger partial charge < -0.3 is 15.4 Å². The highest BCUT2D eigenvalue weighted by Crippen LogP contribution is 2.42. The topological polar surface area (TPSA) is 50.4 Å². The molecular formula is C12H24N2O2. The number of carbonyl (C=O) groups is 1. The maximum Gasteiger partial charge on any atom is 0.239 e. The summed E-state index contributed by atoms with van der Waals surface area (Å²) in [5.74, 6) is 0.0441. The lowest BCUT2D eigenvalue weighted by molar-refractivity contribution is -0.137. The molecule has 0 aromatic rings. The third-order valence-electron chi connectivity index (χ3n) is 3.96. The van der Waals surface area contributed by atoms with Crippen molar-refractivity contribution in [3.05, 3.63) is 0 Å². The molecule has 1 aliphatic rings. The summed E-state index contributed by atoms with van der Waals surface area (Å²) in [4.78, 5) is 12.0. The number of methoxy groups -OCH3 is 1. The van der Waals surface area contributed by atoms with Crippen LogP contribution in [0.25, 0.3) is 0 Å². The van der Waals surface area contributed by atoms with E-state index in [-0.39, 0.29) is 23.5 Å². The number of carbonyl (C=O) groups excluding carboxylic acids is 1. The van der Waals surface area contributed by atoms with Gasteiger partial charge in [-0.25, -0.2) is 0 Å². The van der Waals surface area contributed by atoms with Crippen molar-refractivity contribution in [2.75, 3.05) is 14.2 Å². The van der Waals surface area contributed by atoms with Crippen molar-refractivity contribution in [3.63, 3.8) is 0 Å². The molecule has 4 heteroatoms. The molecule has 4 nitrogen and oxygen atoms in total. The van der Waals surface area contributed by atoms with Gasteiger partial charge in [0.1, 0.15) is 0 Å². The molecular weight excluding hydrogens is 204 g/mol. The highest BCUT2D eigenvalue weighted by Gasteiger charge is 2.50. The molecule has 94 valence electrons. The average Bonchev–Trinajstić information content (AvgIpc) is 2.22. The highest BCUT2D eigenvalue weighted by molar-refractivity contribution is 5.85. The summed E-state index contributed by atoms with van der Waals surface area (Å²) in [7, 11) is 3.52. The molecule has 1 fully saturated rings. The summed E-state index contributed by atoms with van der Waals surface area (Å²) in [6, 6.07) is 0.206. The van der Waals surface area contributed by atoms with Gasteiger partial charge in [0.05, 0.1) is 11.6 Å². The van der Waals surface area contributed by atoms with E-state index < -0.39 is 5.54 Å². The summed E-state index contributed by atoms with van der Waals surface area (Å²) >= 11 is 0. The number of amides is 1. The predicted octanol–water partition coefficient (Wildman–Crippen LogP) is 0.914. The summed E-state index contributed by atoms with van der Waals surface area (Å²) < 4.78 is 5.36. The van der Waals surface area contributed by atoms with Gasteiger partial charge in [0.2, 0.25) is 5.91 Å². The molecule has 1 rings (SSSR count). The van der Waals surface area contributed by atoms with Gasteiger partial charge in [-0.05, 0) is 27.3 Å². The van der Waals surface area contributed by atoms with E-state index in [4.69, 9.17) is 4.74 Å². The Labute approximate surface area is 98.1 Å². The normalized spacial score (nSPS) is 28.4. The van der Waals surface area contributed by atoms with E-state index in [0.717, 1.165) is 6.42 Å². The molecule has 0 aromatic heterocycles. The first-order valence-corrected chi connectivity index (χ1v) is 5.78. The van der Waals surface area contributed by atoms with Gasteiger partial charge in [0.15, 0.2) is 0 Å². The van der Waals surface area contributed by atoms with Gasteiger partial charge in [0, 0.05) is 18.6 Å². The zero-order chi connectivity index (χ0) is 12.6. The molecule has 2 atom stereocenters. The van der Waals surface area contributed by atoms with Crippen LogP contribution in [-0.4, -0.2) is 37.7 Å². The Morgan fingerprint density at radius 1 is 1.44 bits per heavy atom. The molecule has 16 heavy (non-hydrogen) atoms. The second kappa shape index (κ2) is 4.34. The summed E-state index contributed by atoms with van der Waals surface area (Å²) in [6.07, 6.45) is 1.14. The second-order valence-electron chi connectivity index (χ2n) is 5.68. The lowest BCUT2D eigenvalue weighted by atomic mass is 9.64. The van der Waals surface area contributed by atoms with Crippen LogP contribution < -0.4 is 10.6 Å². The van der Waals surface area contributed by atoms with Crippen LogP contribution in [-0.2, 0) is 9.53 Å². The largest absolute Gasteiger partial charge is 0.381 e. The lowest BCUT2D eigenvalue weighted by Gasteiger charge is -2.51. The molecule has 1 saturated carbocycles. The zero-order valence-corrected chi connectivity index (χ0v) is 11.2. The number of likely N-dealkylation sites (N-methyl/N-ethyl adjacent to an activating group) is 1. The Hall–Kier alpha value is -0.610. The van der Waals surface area contributed by atoms with Crippen molar-refractivity contribution in [3.8, 4) is 0 Å². The molecule has 2 N–H and O–H groups in total. The second-order valence-corrected chi connectivity index (χ2v) is 5.68. The molecule has 1 amide bonds. The standard InChI is InChI=1S/C12H24N2O2/c1-11(2)8(7-9(11)16-6)14-10(15)12(3,4)13-5/h8-9,13H,7H2,1-6H3,(H,14,15). The average molecular weight is 228 g/mol. The van der Waals surface area contributed by atoms with Crippen molar-refractivity contribution in [2.45, 2.75) is 51.8 Å². The van der Waals surface area contributed by atoms with Crippen LogP contribution in [0.3, 0.4) is 0 Å². The Bertz CT molecular complexity index is 274. The van der Waals surface area contributed by atoms with E-state index in [2.05, 4.69) is 24.5 Å². The maximum atomic E-state index is 12.0. The number of ether oxygens (including phenoxy) is 1.